The van der Waals surface area contributed by atoms with Crippen LogP contribution in [0.15, 0.2) is 46.7 Å². The SMILES string of the molecule is O=C(Cc1ccc(S(=O)(=O)N2CCCCC2)s1)NOCc1ccccc1. The quantitative estimate of drug-likeness (QED) is 0.733. The number of hydroxylamine groups is 1. The fourth-order valence-corrected chi connectivity index (χ4v) is 5.82. The number of nitrogens with one attached hydrogen (secondary N) is 1. The molecule has 0 radical (unpaired) electrons. The highest BCUT2D eigenvalue weighted by molar-refractivity contribution is 7.91. The molecule has 1 aliphatic heterocycles. The van der Waals surface area contributed by atoms with E-state index in [1.807, 2.05) is 30.3 Å². The summed E-state index contributed by atoms with van der Waals surface area (Å²) in [6.45, 7) is 1.43. The fourth-order valence-electron chi connectivity index (χ4n) is 2.79. The van der Waals surface area contributed by atoms with Gasteiger partial charge in [0.1, 0.15) is 4.21 Å². The van der Waals surface area contributed by atoms with E-state index in [-0.39, 0.29) is 18.9 Å². The minimum atomic E-state index is -3.44. The van der Waals surface area contributed by atoms with Gasteiger partial charge in [0.2, 0.25) is 5.91 Å². The molecule has 1 aromatic carbocycles. The molecule has 3 rings (SSSR count). The van der Waals surface area contributed by atoms with Crippen LogP contribution in [-0.2, 0) is 32.7 Å². The highest BCUT2D eigenvalue weighted by atomic mass is 32.2. The van der Waals surface area contributed by atoms with Crippen molar-refractivity contribution in [1.29, 1.82) is 0 Å². The fraction of sp³-hybridized carbons (Fsp3) is 0.389. The summed E-state index contributed by atoms with van der Waals surface area (Å²) >= 11 is 1.15. The van der Waals surface area contributed by atoms with Crippen LogP contribution < -0.4 is 5.48 Å². The van der Waals surface area contributed by atoms with E-state index in [0.717, 1.165) is 36.2 Å². The average Bonchev–Trinajstić information content (AvgIpc) is 3.12. The maximum absolute atomic E-state index is 12.6. The van der Waals surface area contributed by atoms with Gasteiger partial charge in [-0.25, -0.2) is 13.9 Å². The Labute approximate surface area is 157 Å². The molecule has 1 saturated heterocycles. The van der Waals surface area contributed by atoms with Crippen molar-refractivity contribution in [2.75, 3.05) is 13.1 Å². The molecule has 1 aliphatic rings. The molecule has 0 unspecified atom stereocenters. The monoisotopic (exact) mass is 394 g/mol. The summed E-state index contributed by atoms with van der Waals surface area (Å²) in [6.07, 6.45) is 2.97. The largest absolute Gasteiger partial charge is 0.272 e. The smallest absolute Gasteiger partial charge is 0.252 e. The Hall–Kier alpha value is -1.74. The second-order valence-corrected chi connectivity index (χ2v) is 9.49. The van der Waals surface area contributed by atoms with Crippen molar-refractivity contribution < 1.29 is 18.0 Å². The topological polar surface area (TPSA) is 75.7 Å². The number of thiophene rings is 1. The molecular weight excluding hydrogens is 372 g/mol. The van der Waals surface area contributed by atoms with Gasteiger partial charge in [-0.05, 0) is 30.5 Å². The van der Waals surface area contributed by atoms with Crippen molar-refractivity contribution >= 4 is 27.3 Å². The van der Waals surface area contributed by atoms with E-state index >= 15 is 0 Å². The number of amides is 1. The van der Waals surface area contributed by atoms with Crippen molar-refractivity contribution in [1.82, 2.24) is 9.79 Å². The van der Waals surface area contributed by atoms with Gasteiger partial charge in [-0.15, -0.1) is 11.3 Å². The molecular formula is C18H22N2O4S2. The molecule has 1 N–H and O–H groups in total. The van der Waals surface area contributed by atoms with E-state index < -0.39 is 10.0 Å². The van der Waals surface area contributed by atoms with Gasteiger partial charge in [-0.1, -0.05) is 36.8 Å². The van der Waals surface area contributed by atoms with Crippen LogP contribution in [0.5, 0.6) is 0 Å². The first-order valence-electron chi connectivity index (χ1n) is 8.59. The normalized spacial score (nSPS) is 15.7. The number of carbonyl (C=O) groups is 1. The molecule has 1 amide bonds. The van der Waals surface area contributed by atoms with E-state index in [0.29, 0.717) is 22.2 Å². The molecule has 2 aromatic rings. The van der Waals surface area contributed by atoms with Crippen LogP contribution in [0.1, 0.15) is 29.7 Å². The molecule has 0 spiro atoms. The molecule has 1 fully saturated rings. The Balaban J connectivity index is 1.52. The first-order chi connectivity index (χ1) is 12.6. The summed E-state index contributed by atoms with van der Waals surface area (Å²) in [6, 6.07) is 12.8. The Morgan fingerprint density at radius 3 is 2.54 bits per heavy atom. The number of hydrogen-bond donors (Lipinski definition) is 1. The Morgan fingerprint density at radius 1 is 1.08 bits per heavy atom. The summed E-state index contributed by atoms with van der Waals surface area (Å²) < 4.78 is 27.1. The molecule has 0 bridgehead atoms. The predicted octanol–water partition coefficient (Wildman–Crippen LogP) is 2.71. The zero-order chi connectivity index (χ0) is 18.4. The molecule has 6 nitrogen and oxygen atoms in total. The number of sulfonamides is 1. The number of benzene rings is 1. The van der Waals surface area contributed by atoms with E-state index in [4.69, 9.17) is 4.84 Å². The summed E-state index contributed by atoms with van der Waals surface area (Å²) in [7, 11) is -3.44. The predicted molar refractivity (Wildman–Crippen MR) is 100 cm³/mol. The van der Waals surface area contributed by atoms with Crippen LogP contribution in [0.2, 0.25) is 0 Å². The van der Waals surface area contributed by atoms with Gasteiger partial charge in [-0.3, -0.25) is 9.63 Å². The second kappa shape index (κ2) is 8.77. The maximum Gasteiger partial charge on any atom is 0.252 e. The first kappa shape index (κ1) is 19.0. The number of hydrogen-bond acceptors (Lipinski definition) is 5. The van der Waals surface area contributed by atoms with Gasteiger partial charge < -0.3 is 0 Å². The lowest BCUT2D eigenvalue weighted by Crippen LogP contribution is -2.35. The van der Waals surface area contributed by atoms with Crippen LogP contribution in [0.3, 0.4) is 0 Å². The lowest BCUT2D eigenvalue weighted by atomic mass is 10.2. The summed E-state index contributed by atoms with van der Waals surface area (Å²) in [5.41, 5.74) is 3.36. The third kappa shape index (κ3) is 4.91. The van der Waals surface area contributed by atoms with Crippen molar-refractivity contribution in [2.24, 2.45) is 0 Å². The molecule has 2 heterocycles. The van der Waals surface area contributed by atoms with Crippen LogP contribution >= 0.6 is 11.3 Å². The van der Waals surface area contributed by atoms with E-state index in [9.17, 15) is 13.2 Å². The molecule has 26 heavy (non-hydrogen) atoms. The molecule has 1 aromatic heterocycles. The van der Waals surface area contributed by atoms with Crippen molar-refractivity contribution in [2.45, 2.75) is 36.5 Å². The van der Waals surface area contributed by atoms with Crippen molar-refractivity contribution in [3.8, 4) is 0 Å². The lowest BCUT2D eigenvalue weighted by Gasteiger charge is -2.25. The Kier molecular flexibility index (Phi) is 6.42. The standard InChI is InChI=1S/C18H22N2O4S2/c21-17(19-24-14-15-7-3-1-4-8-15)13-16-9-10-18(25-16)26(22,23)20-11-5-2-6-12-20/h1,3-4,7-10H,2,5-6,11-14H2,(H,19,21). The van der Waals surface area contributed by atoms with Crippen molar-refractivity contribution in [3.05, 3.63) is 52.9 Å². The third-order valence-electron chi connectivity index (χ3n) is 4.15. The van der Waals surface area contributed by atoms with Gasteiger partial charge in [0.15, 0.2) is 0 Å². The molecule has 0 saturated carbocycles. The van der Waals surface area contributed by atoms with Crippen molar-refractivity contribution in [3.63, 3.8) is 0 Å². The molecule has 0 atom stereocenters. The van der Waals surface area contributed by atoms with Gasteiger partial charge >= 0.3 is 0 Å². The molecule has 0 aliphatic carbocycles. The minimum absolute atomic E-state index is 0.0922. The van der Waals surface area contributed by atoms with Gasteiger partial charge in [0, 0.05) is 18.0 Å². The number of nitrogens with zero attached hydrogens (tertiary/aromatic N) is 1. The molecule has 140 valence electrons. The van der Waals surface area contributed by atoms with Crippen LogP contribution in [0.25, 0.3) is 0 Å². The zero-order valence-corrected chi connectivity index (χ0v) is 16.0. The molecule has 8 heteroatoms. The number of piperidine rings is 1. The summed E-state index contributed by atoms with van der Waals surface area (Å²) in [4.78, 5) is 17.9. The van der Waals surface area contributed by atoms with Crippen LogP contribution in [0.4, 0.5) is 0 Å². The second-order valence-electron chi connectivity index (χ2n) is 6.16. The Morgan fingerprint density at radius 2 is 1.81 bits per heavy atom. The number of carbonyl (C=O) groups excluding carboxylic acids is 1. The summed E-state index contributed by atoms with van der Waals surface area (Å²) in [5.74, 6) is -0.301. The number of rotatable bonds is 7. The Bertz CT molecular complexity index is 828. The minimum Gasteiger partial charge on any atom is -0.272 e. The zero-order valence-electron chi connectivity index (χ0n) is 14.4. The summed E-state index contributed by atoms with van der Waals surface area (Å²) in [5, 5.41) is 0. The highest BCUT2D eigenvalue weighted by Crippen LogP contribution is 2.27. The van der Waals surface area contributed by atoms with Gasteiger partial charge in [-0.2, -0.15) is 4.31 Å². The van der Waals surface area contributed by atoms with E-state index in [1.165, 1.54) is 4.31 Å². The van der Waals surface area contributed by atoms with Crippen LogP contribution in [0, 0.1) is 0 Å². The lowest BCUT2D eigenvalue weighted by molar-refractivity contribution is -0.133. The van der Waals surface area contributed by atoms with Gasteiger partial charge in [0.25, 0.3) is 10.0 Å². The van der Waals surface area contributed by atoms with E-state index in [2.05, 4.69) is 5.48 Å². The van der Waals surface area contributed by atoms with Crippen LogP contribution in [-0.4, -0.2) is 31.7 Å². The average molecular weight is 395 g/mol. The van der Waals surface area contributed by atoms with Gasteiger partial charge in [0.05, 0.1) is 13.0 Å². The first-order valence-corrected chi connectivity index (χ1v) is 10.8. The van der Waals surface area contributed by atoms with E-state index in [1.54, 1.807) is 12.1 Å². The third-order valence-corrected chi connectivity index (χ3v) is 7.60. The highest BCUT2D eigenvalue weighted by Gasteiger charge is 2.27. The maximum atomic E-state index is 12.6.